The fraction of sp³-hybridized carbons (Fsp3) is 0.727. The fourth-order valence-electron chi connectivity index (χ4n) is 1.35. The van der Waals surface area contributed by atoms with E-state index in [4.69, 9.17) is 5.11 Å². The maximum Gasteiger partial charge on any atom is 0.327 e. The number of sulfone groups is 1. The van der Waals surface area contributed by atoms with Gasteiger partial charge in [-0.05, 0) is 13.3 Å². The first-order chi connectivity index (χ1) is 9.11. The van der Waals surface area contributed by atoms with Gasteiger partial charge in [0.25, 0.3) is 0 Å². The Hall–Kier alpha value is -1.64. The van der Waals surface area contributed by atoms with Gasteiger partial charge in [0.05, 0.1) is 5.75 Å². The summed E-state index contributed by atoms with van der Waals surface area (Å²) in [5, 5.41) is 11.9. The Morgan fingerprint density at radius 3 is 2.20 bits per heavy atom. The average molecular weight is 308 g/mol. The zero-order valence-electron chi connectivity index (χ0n) is 11.7. The van der Waals surface area contributed by atoms with Gasteiger partial charge in [0, 0.05) is 13.5 Å². The lowest BCUT2D eigenvalue weighted by molar-refractivity contribution is -0.140. The number of hydrogen-bond acceptors (Lipinski definition) is 5. The normalized spacial score (nSPS) is 14.2. The molecule has 9 heteroatoms. The molecule has 0 fully saturated rings. The molecule has 0 bridgehead atoms. The van der Waals surface area contributed by atoms with Crippen molar-refractivity contribution in [2.45, 2.75) is 38.5 Å². The van der Waals surface area contributed by atoms with Crippen molar-refractivity contribution in [3.63, 3.8) is 0 Å². The first kappa shape index (κ1) is 18.4. The van der Waals surface area contributed by atoms with Crippen LogP contribution in [0.4, 0.5) is 0 Å². The molecule has 0 aliphatic rings. The monoisotopic (exact) mass is 308 g/mol. The topological polar surface area (TPSA) is 130 Å². The molecule has 0 radical (unpaired) electrons. The van der Waals surface area contributed by atoms with Crippen molar-refractivity contribution < 1.29 is 27.9 Å². The molecule has 3 N–H and O–H groups in total. The minimum atomic E-state index is -3.99. The molecule has 0 saturated heterocycles. The number of carbonyl (C=O) groups excluding carboxylic acids is 2. The Labute approximate surface area is 117 Å². The second-order valence-electron chi connectivity index (χ2n) is 4.35. The summed E-state index contributed by atoms with van der Waals surface area (Å²) < 4.78 is 23.9. The summed E-state index contributed by atoms with van der Waals surface area (Å²) in [6, 6.07) is -1.57. The predicted molar refractivity (Wildman–Crippen MR) is 71.8 cm³/mol. The van der Waals surface area contributed by atoms with Crippen LogP contribution < -0.4 is 10.6 Å². The van der Waals surface area contributed by atoms with Crippen LogP contribution in [0, 0.1) is 0 Å². The zero-order chi connectivity index (χ0) is 15.9. The summed E-state index contributed by atoms with van der Waals surface area (Å²) in [5.41, 5.74) is 0. The summed E-state index contributed by atoms with van der Waals surface area (Å²) >= 11 is 0. The van der Waals surface area contributed by atoms with Crippen molar-refractivity contribution in [1.29, 1.82) is 0 Å². The molecule has 0 aromatic rings. The molecular weight excluding hydrogens is 288 g/mol. The molecule has 1 unspecified atom stereocenters. The maximum atomic E-state index is 12.0. The van der Waals surface area contributed by atoms with Gasteiger partial charge in [-0.25, -0.2) is 13.2 Å². The largest absolute Gasteiger partial charge is 0.480 e. The van der Waals surface area contributed by atoms with Gasteiger partial charge >= 0.3 is 5.97 Å². The standard InChI is InChI=1S/C11H20N2O6S/c1-4-5-12-10(15)7(2)20(18,19)6-9(11(16)17)13-8(3)14/h7,9H,4-6H2,1-3H3,(H,12,15)(H,13,14)(H,16,17)/t7?,9-/m0/s1. The van der Waals surface area contributed by atoms with E-state index >= 15 is 0 Å². The molecule has 0 aromatic heterocycles. The van der Waals surface area contributed by atoms with E-state index in [0.29, 0.717) is 13.0 Å². The third kappa shape index (κ3) is 6.00. The molecule has 0 heterocycles. The predicted octanol–water partition coefficient (Wildman–Crippen LogP) is -1.09. The second kappa shape index (κ2) is 7.83. The minimum Gasteiger partial charge on any atom is -0.480 e. The SMILES string of the molecule is CCCNC(=O)C(C)S(=O)(=O)C[C@H](NC(C)=O)C(=O)O. The van der Waals surface area contributed by atoms with Crippen LogP contribution in [0.15, 0.2) is 0 Å². The van der Waals surface area contributed by atoms with Gasteiger partial charge in [0.2, 0.25) is 11.8 Å². The number of amides is 2. The number of aliphatic carboxylic acids is 1. The zero-order valence-corrected chi connectivity index (χ0v) is 12.5. The smallest absolute Gasteiger partial charge is 0.327 e. The molecule has 20 heavy (non-hydrogen) atoms. The molecule has 0 rings (SSSR count). The first-order valence-corrected chi connectivity index (χ1v) is 7.82. The van der Waals surface area contributed by atoms with E-state index in [2.05, 4.69) is 5.32 Å². The number of carbonyl (C=O) groups is 3. The molecular formula is C11H20N2O6S. The van der Waals surface area contributed by atoms with E-state index < -0.39 is 44.7 Å². The number of nitrogens with one attached hydrogen (secondary N) is 2. The number of hydrogen-bond donors (Lipinski definition) is 3. The van der Waals surface area contributed by atoms with E-state index in [9.17, 15) is 22.8 Å². The van der Waals surface area contributed by atoms with Gasteiger partial charge in [-0.1, -0.05) is 6.92 Å². The average Bonchev–Trinajstić information content (AvgIpc) is 2.33. The molecule has 8 nitrogen and oxygen atoms in total. The summed E-state index contributed by atoms with van der Waals surface area (Å²) in [5.74, 6) is -3.64. The van der Waals surface area contributed by atoms with Gasteiger partial charge in [0.1, 0.15) is 11.3 Å². The van der Waals surface area contributed by atoms with Gasteiger partial charge < -0.3 is 15.7 Å². The van der Waals surface area contributed by atoms with Crippen molar-refractivity contribution >= 4 is 27.6 Å². The van der Waals surface area contributed by atoms with Crippen LogP contribution in [0.2, 0.25) is 0 Å². The van der Waals surface area contributed by atoms with E-state index in [1.165, 1.54) is 6.92 Å². The van der Waals surface area contributed by atoms with Gasteiger partial charge in [-0.3, -0.25) is 9.59 Å². The lowest BCUT2D eigenvalue weighted by atomic mass is 10.3. The van der Waals surface area contributed by atoms with Crippen molar-refractivity contribution in [2.24, 2.45) is 0 Å². The fourth-order valence-corrected chi connectivity index (χ4v) is 2.74. The highest BCUT2D eigenvalue weighted by Gasteiger charge is 2.33. The first-order valence-electron chi connectivity index (χ1n) is 6.11. The molecule has 0 aromatic carbocycles. The summed E-state index contributed by atoms with van der Waals surface area (Å²) in [7, 11) is -3.99. The molecule has 0 aliphatic carbocycles. The van der Waals surface area contributed by atoms with Crippen molar-refractivity contribution in [3.05, 3.63) is 0 Å². The van der Waals surface area contributed by atoms with E-state index in [1.807, 2.05) is 12.2 Å². The van der Waals surface area contributed by atoms with Crippen LogP contribution in [0.5, 0.6) is 0 Å². The van der Waals surface area contributed by atoms with Crippen LogP contribution in [0.3, 0.4) is 0 Å². The van der Waals surface area contributed by atoms with E-state index in [1.54, 1.807) is 0 Å². The van der Waals surface area contributed by atoms with Gasteiger partial charge in [-0.2, -0.15) is 0 Å². The van der Waals surface area contributed by atoms with Crippen LogP contribution in [-0.2, 0) is 24.2 Å². The van der Waals surface area contributed by atoms with E-state index in [0.717, 1.165) is 6.92 Å². The molecule has 0 aliphatic heterocycles. The van der Waals surface area contributed by atoms with Crippen LogP contribution >= 0.6 is 0 Å². The quantitative estimate of drug-likeness (QED) is 0.522. The van der Waals surface area contributed by atoms with Gasteiger partial charge in [0.15, 0.2) is 9.84 Å². The highest BCUT2D eigenvalue weighted by atomic mass is 32.2. The van der Waals surface area contributed by atoms with Crippen LogP contribution in [0.25, 0.3) is 0 Å². The summed E-state index contributed by atoms with van der Waals surface area (Å²) in [6.45, 7) is 4.43. The highest BCUT2D eigenvalue weighted by Crippen LogP contribution is 2.05. The number of carboxylic acids is 1. The lowest BCUT2D eigenvalue weighted by Gasteiger charge is -2.17. The lowest BCUT2D eigenvalue weighted by Crippen LogP contribution is -2.48. The van der Waals surface area contributed by atoms with Gasteiger partial charge in [-0.15, -0.1) is 0 Å². The third-order valence-corrected chi connectivity index (χ3v) is 4.62. The Morgan fingerprint density at radius 2 is 1.80 bits per heavy atom. The molecule has 2 atom stereocenters. The minimum absolute atomic E-state index is 0.340. The maximum absolute atomic E-state index is 12.0. The molecule has 2 amide bonds. The van der Waals surface area contributed by atoms with Crippen molar-refractivity contribution in [1.82, 2.24) is 10.6 Å². The number of carboxylic acid groups (broad SMARTS) is 1. The second-order valence-corrected chi connectivity index (χ2v) is 6.72. The van der Waals surface area contributed by atoms with Crippen molar-refractivity contribution in [3.8, 4) is 0 Å². The molecule has 0 saturated carbocycles. The summed E-state index contributed by atoms with van der Waals surface area (Å²) in [4.78, 5) is 33.3. The Balaban J connectivity index is 4.89. The van der Waals surface area contributed by atoms with Crippen LogP contribution in [-0.4, -0.2) is 54.9 Å². The Bertz CT molecular complexity index is 473. The molecule has 0 spiro atoms. The van der Waals surface area contributed by atoms with Crippen molar-refractivity contribution in [2.75, 3.05) is 12.3 Å². The highest BCUT2D eigenvalue weighted by molar-refractivity contribution is 7.92. The Morgan fingerprint density at radius 1 is 1.25 bits per heavy atom. The summed E-state index contributed by atoms with van der Waals surface area (Å²) in [6.07, 6.45) is 0.655. The van der Waals surface area contributed by atoms with E-state index in [-0.39, 0.29) is 0 Å². The Kier molecular flexibility index (Phi) is 7.19. The van der Waals surface area contributed by atoms with Crippen LogP contribution in [0.1, 0.15) is 27.2 Å². The molecule has 116 valence electrons. The third-order valence-electron chi connectivity index (χ3n) is 2.53. The number of rotatable bonds is 8.